The summed E-state index contributed by atoms with van der Waals surface area (Å²) < 4.78 is 5.18. The van der Waals surface area contributed by atoms with E-state index >= 15 is 0 Å². The van der Waals surface area contributed by atoms with Crippen LogP contribution in [0.1, 0.15) is 17.2 Å². The zero-order chi connectivity index (χ0) is 15.1. The van der Waals surface area contributed by atoms with Crippen LogP contribution in [0.3, 0.4) is 0 Å². The van der Waals surface area contributed by atoms with Gasteiger partial charge in [0.1, 0.15) is 10.8 Å². The highest BCUT2D eigenvalue weighted by molar-refractivity contribution is 7.98. The van der Waals surface area contributed by atoms with Crippen LogP contribution in [-0.4, -0.2) is 34.2 Å². The number of hydrogen-bond acceptors (Lipinski definition) is 7. The molecule has 0 saturated carbocycles. The minimum absolute atomic E-state index is 0. The second-order valence-corrected chi connectivity index (χ2v) is 6.17. The Balaban J connectivity index is 0.00000242. The predicted molar refractivity (Wildman–Crippen MR) is 94.4 cm³/mol. The molecular formula is C13H17ClN4O2S2. The maximum absolute atomic E-state index is 11.8. The smallest absolute Gasteiger partial charge is 0.243 e. The lowest BCUT2D eigenvalue weighted by Crippen LogP contribution is -2.36. The number of nitrogens with zero attached hydrogens (tertiary/aromatic N) is 2. The van der Waals surface area contributed by atoms with E-state index in [0.29, 0.717) is 16.6 Å². The molecule has 0 aromatic carbocycles. The highest BCUT2D eigenvalue weighted by Crippen LogP contribution is 2.18. The van der Waals surface area contributed by atoms with Crippen molar-refractivity contribution in [3.05, 3.63) is 29.2 Å². The molecule has 0 aliphatic rings. The number of aromatic nitrogens is 2. The van der Waals surface area contributed by atoms with Gasteiger partial charge in [0.2, 0.25) is 11.0 Å². The number of nitrogens with two attached hydrogens (primary N) is 1. The van der Waals surface area contributed by atoms with Gasteiger partial charge < -0.3 is 10.2 Å². The highest BCUT2D eigenvalue weighted by Gasteiger charge is 2.14. The number of rotatable bonds is 7. The molecule has 0 saturated heterocycles. The SMILES string of the molecule is CSCCC(N)C(=O)Nc1nnc(/C=C/c2ccco2)s1.Cl. The number of furan rings is 1. The van der Waals surface area contributed by atoms with Gasteiger partial charge in [-0.05, 0) is 42.7 Å². The number of anilines is 1. The van der Waals surface area contributed by atoms with Crippen molar-refractivity contribution in [3.63, 3.8) is 0 Å². The largest absolute Gasteiger partial charge is 0.465 e. The van der Waals surface area contributed by atoms with Crippen LogP contribution in [0.25, 0.3) is 12.2 Å². The van der Waals surface area contributed by atoms with E-state index < -0.39 is 6.04 Å². The zero-order valence-corrected chi connectivity index (χ0v) is 14.3. The first kappa shape index (κ1) is 18.7. The Kier molecular flexibility index (Phi) is 8.18. The first-order valence-electron chi connectivity index (χ1n) is 6.29. The van der Waals surface area contributed by atoms with Gasteiger partial charge in [-0.2, -0.15) is 11.8 Å². The number of nitrogens with one attached hydrogen (secondary N) is 1. The van der Waals surface area contributed by atoms with Crippen LogP contribution >= 0.6 is 35.5 Å². The summed E-state index contributed by atoms with van der Waals surface area (Å²) in [6.07, 6.45) is 7.78. The lowest BCUT2D eigenvalue weighted by molar-refractivity contribution is -0.117. The summed E-state index contributed by atoms with van der Waals surface area (Å²) in [4.78, 5) is 11.8. The molecule has 3 N–H and O–H groups in total. The summed E-state index contributed by atoms with van der Waals surface area (Å²) in [6, 6.07) is 3.12. The van der Waals surface area contributed by atoms with Crippen molar-refractivity contribution in [2.24, 2.45) is 5.73 Å². The Bertz CT molecular complexity index is 601. The van der Waals surface area contributed by atoms with Crippen molar-refractivity contribution in [3.8, 4) is 0 Å². The van der Waals surface area contributed by atoms with Crippen LogP contribution in [0.2, 0.25) is 0 Å². The Hall–Kier alpha value is -1.35. The Morgan fingerprint density at radius 3 is 3.05 bits per heavy atom. The molecule has 1 unspecified atom stereocenters. The number of carbonyl (C=O) groups is 1. The quantitative estimate of drug-likeness (QED) is 0.788. The normalized spacial score (nSPS) is 12.1. The standard InChI is InChI=1S/C13H16N4O2S2.ClH/c1-20-8-6-10(14)12(18)15-13-17-16-11(21-13)5-4-9-3-2-7-19-9;/h2-5,7,10H,6,8,14H2,1H3,(H,15,17,18);1H/b5-4+;. The molecular weight excluding hydrogens is 344 g/mol. The second-order valence-electron chi connectivity index (χ2n) is 4.17. The van der Waals surface area contributed by atoms with Crippen LogP contribution in [0.5, 0.6) is 0 Å². The molecule has 0 spiro atoms. The van der Waals surface area contributed by atoms with Gasteiger partial charge in [0.25, 0.3) is 0 Å². The van der Waals surface area contributed by atoms with Gasteiger partial charge in [-0.1, -0.05) is 11.3 Å². The molecule has 1 amide bonds. The summed E-state index contributed by atoms with van der Waals surface area (Å²) in [6.45, 7) is 0. The molecule has 9 heteroatoms. The molecule has 2 rings (SSSR count). The van der Waals surface area contributed by atoms with Crippen molar-refractivity contribution < 1.29 is 9.21 Å². The third kappa shape index (κ3) is 5.80. The lowest BCUT2D eigenvalue weighted by atomic mass is 10.2. The first-order valence-corrected chi connectivity index (χ1v) is 8.50. The van der Waals surface area contributed by atoms with Gasteiger partial charge in [-0.3, -0.25) is 10.1 Å². The van der Waals surface area contributed by atoms with E-state index in [2.05, 4.69) is 15.5 Å². The molecule has 0 fully saturated rings. The number of halogens is 1. The zero-order valence-electron chi connectivity index (χ0n) is 11.9. The van der Waals surface area contributed by atoms with Crippen LogP contribution in [0.4, 0.5) is 5.13 Å². The molecule has 0 bridgehead atoms. The predicted octanol–water partition coefficient (Wildman–Crippen LogP) is 2.74. The Morgan fingerprint density at radius 2 is 2.36 bits per heavy atom. The molecule has 2 aromatic rings. The fraction of sp³-hybridized carbons (Fsp3) is 0.308. The number of amides is 1. The van der Waals surface area contributed by atoms with Crippen LogP contribution < -0.4 is 11.1 Å². The van der Waals surface area contributed by atoms with E-state index in [4.69, 9.17) is 10.2 Å². The minimum atomic E-state index is -0.525. The number of hydrogen-bond donors (Lipinski definition) is 2. The molecule has 2 aromatic heterocycles. The van der Waals surface area contributed by atoms with Crippen molar-refractivity contribution in [2.75, 3.05) is 17.3 Å². The van der Waals surface area contributed by atoms with E-state index in [1.807, 2.05) is 12.3 Å². The van der Waals surface area contributed by atoms with Gasteiger partial charge in [-0.15, -0.1) is 22.6 Å². The van der Waals surface area contributed by atoms with Crippen LogP contribution in [0.15, 0.2) is 22.8 Å². The monoisotopic (exact) mass is 360 g/mol. The molecule has 6 nitrogen and oxygen atoms in total. The van der Waals surface area contributed by atoms with E-state index in [-0.39, 0.29) is 18.3 Å². The Labute approximate surface area is 143 Å². The van der Waals surface area contributed by atoms with Gasteiger partial charge in [0, 0.05) is 0 Å². The topological polar surface area (TPSA) is 94.0 Å². The third-order valence-corrected chi connectivity index (χ3v) is 4.02. The average Bonchev–Trinajstić information content (AvgIpc) is 3.13. The van der Waals surface area contributed by atoms with E-state index in [0.717, 1.165) is 11.5 Å². The molecule has 1 atom stereocenters. The van der Waals surface area contributed by atoms with Crippen molar-refractivity contribution >= 4 is 58.7 Å². The summed E-state index contributed by atoms with van der Waals surface area (Å²) in [5.74, 6) is 1.35. The van der Waals surface area contributed by atoms with Gasteiger partial charge in [0.05, 0.1) is 12.3 Å². The van der Waals surface area contributed by atoms with E-state index in [1.165, 1.54) is 11.3 Å². The fourth-order valence-corrected chi connectivity index (χ4v) is 2.60. The average molecular weight is 361 g/mol. The van der Waals surface area contributed by atoms with Crippen molar-refractivity contribution in [1.82, 2.24) is 10.2 Å². The van der Waals surface area contributed by atoms with Crippen molar-refractivity contribution in [2.45, 2.75) is 12.5 Å². The van der Waals surface area contributed by atoms with Gasteiger partial charge in [-0.25, -0.2) is 0 Å². The fourth-order valence-electron chi connectivity index (χ4n) is 1.47. The second kappa shape index (κ2) is 9.62. The summed E-state index contributed by atoms with van der Waals surface area (Å²) in [5, 5.41) is 11.7. The van der Waals surface area contributed by atoms with Gasteiger partial charge in [0.15, 0.2) is 0 Å². The molecule has 22 heavy (non-hydrogen) atoms. The third-order valence-electron chi connectivity index (χ3n) is 2.57. The lowest BCUT2D eigenvalue weighted by Gasteiger charge is -2.08. The molecule has 120 valence electrons. The van der Waals surface area contributed by atoms with Crippen LogP contribution in [0, 0.1) is 0 Å². The van der Waals surface area contributed by atoms with E-state index in [9.17, 15) is 4.79 Å². The molecule has 0 aliphatic carbocycles. The molecule has 2 heterocycles. The number of carbonyl (C=O) groups excluding carboxylic acids is 1. The summed E-state index contributed by atoms with van der Waals surface area (Å²) in [7, 11) is 0. The maximum Gasteiger partial charge on any atom is 0.243 e. The van der Waals surface area contributed by atoms with Crippen molar-refractivity contribution in [1.29, 1.82) is 0 Å². The van der Waals surface area contributed by atoms with E-state index in [1.54, 1.807) is 36.2 Å². The Morgan fingerprint density at radius 1 is 1.55 bits per heavy atom. The first-order chi connectivity index (χ1) is 10.2. The molecule has 0 radical (unpaired) electrons. The molecule has 0 aliphatic heterocycles. The van der Waals surface area contributed by atoms with Crippen LogP contribution in [-0.2, 0) is 4.79 Å². The number of thioether (sulfide) groups is 1. The summed E-state index contributed by atoms with van der Waals surface area (Å²) >= 11 is 2.94. The minimum Gasteiger partial charge on any atom is -0.465 e. The van der Waals surface area contributed by atoms with Gasteiger partial charge >= 0.3 is 0 Å². The maximum atomic E-state index is 11.8. The highest BCUT2D eigenvalue weighted by atomic mass is 35.5. The summed E-state index contributed by atoms with van der Waals surface area (Å²) in [5.41, 5.74) is 5.79.